The van der Waals surface area contributed by atoms with Crippen LogP contribution in [0.4, 0.5) is 10.1 Å². The third-order valence-electron chi connectivity index (χ3n) is 4.13. The molecule has 0 radical (unpaired) electrons. The predicted octanol–water partition coefficient (Wildman–Crippen LogP) is 2.32. The number of hydrogen-bond acceptors (Lipinski definition) is 5. The second-order valence-corrected chi connectivity index (χ2v) is 5.67. The van der Waals surface area contributed by atoms with E-state index in [9.17, 15) is 14.0 Å². The lowest BCUT2D eigenvalue weighted by molar-refractivity contribution is -0.123. The van der Waals surface area contributed by atoms with Crippen molar-refractivity contribution in [2.45, 2.75) is 18.6 Å². The van der Waals surface area contributed by atoms with E-state index in [1.165, 1.54) is 17.1 Å². The van der Waals surface area contributed by atoms with Crippen molar-refractivity contribution in [1.29, 1.82) is 0 Å². The summed E-state index contributed by atoms with van der Waals surface area (Å²) in [7, 11) is 0. The van der Waals surface area contributed by atoms with E-state index in [0.29, 0.717) is 5.69 Å². The van der Waals surface area contributed by atoms with Gasteiger partial charge >= 0.3 is 0 Å². The van der Waals surface area contributed by atoms with Gasteiger partial charge in [0.1, 0.15) is 5.82 Å². The normalized spacial score (nSPS) is 22.4. The Hall–Kier alpha value is -3.09. The number of rotatable bonds is 3. The average molecular weight is 324 g/mol. The fourth-order valence-corrected chi connectivity index (χ4v) is 2.96. The molecule has 0 bridgehead atoms. The van der Waals surface area contributed by atoms with E-state index in [1.807, 2.05) is 6.07 Å². The van der Waals surface area contributed by atoms with E-state index in [-0.39, 0.29) is 24.2 Å². The molecule has 0 aliphatic carbocycles. The summed E-state index contributed by atoms with van der Waals surface area (Å²) in [5.74, 6) is -1.05. The largest absolute Gasteiger partial charge is 0.271 e. The lowest BCUT2D eigenvalue weighted by atomic mass is 10.1. The van der Waals surface area contributed by atoms with Crippen molar-refractivity contribution in [1.82, 2.24) is 5.01 Å². The van der Waals surface area contributed by atoms with E-state index < -0.39 is 12.1 Å². The molecule has 2 amide bonds. The van der Waals surface area contributed by atoms with E-state index >= 15 is 0 Å². The molecule has 0 N–H and O–H groups in total. The van der Waals surface area contributed by atoms with E-state index in [1.54, 1.807) is 36.4 Å². The van der Waals surface area contributed by atoms with Crippen molar-refractivity contribution < 1.29 is 14.0 Å². The molecule has 4 rings (SSSR count). The zero-order valence-electron chi connectivity index (χ0n) is 12.5. The topological polar surface area (TPSA) is 65.3 Å². The number of fused-ring (bicyclic) bond motifs is 1. The molecule has 1 saturated heterocycles. The standard InChI is InChI=1S/C17H13FN4O2/c18-12-8-6-11(7-9-12)10-21-15-14(19-20-21)16(23)22(17(15)24)13-4-2-1-3-5-13/h1-9,14-15H,10H2/t14-,15-/m1/s1. The van der Waals surface area contributed by atoms with Gasteiger partial charge < -0.3 is 0 Å². The van der Waals surface area contributed by atoms with Gasteiger partial charge in [-0.1, -0.05) is 35.6 Å². The average Bonchev–Trinajstić information content (AvgIpc) is 3.11. The second-order valence-electron chi connectivity index (χ2n) is 5.67. The van der Waals surface area contributed by atoms with Crippen LogP contribution in [0.15, 0.2) is 64.9 Å². The van der Waals surface area contributed by atoms with Crippen LogP contribution in [0.5, 0.6) is 0 Å². The van der Waals surface area contributed by atoms with Crippen molar-refractivity contribution in [3.8, 4) is 0 Å². The highest BCUT2D eigenvalue weighted by Gasteiger charge is 2.54. The number of amides is 2. The SMILES string of the molecule is O=C1[C@@H]2N=NN(Cc3ccc(F)cc3)[C@H]2C(=O)N1c1ccccc1. The molecule has 0 spiro atoms. The van der Waals surface area contributed by atoms with Crippen molar-refractivity contribution in [3.05, 3.63) is 66.0 Å². The van der Waals surface area contributed by atoms with Crippen LogP contribution < -0.4 is 4.90 Å². The van der Waals surface area contributed by atoms with Gasteiger partial charge in [0.05, 0.1) is 12.2 Å². The highest BCUT2D eigenvalue weighted by molar-refractivity contribution is 6.25. The summed E-state index contributed by atoms with van der Waals surface area (Å²) >= 11 is 0. The number of carbonyl (C=O) groups is 2. The molecule has 24 heavy (non-hydrogen) atoms. The van der Waals surface area contributed by atoms with Crippen LogP contribution in [0.2, 0.25) is 0 Å². The zero-order chi connectivity index (χ0) is 16.7. The number of anilines is 1. The molecule has 2 heterocycles. The summed E-state index contributed by atoms with van der Waals surface area (Å²) < 4.78 is 13.0. The summed E-state index contributed by atoms with van der Waals surface area (Å²) in [6.45, 7) is 0.284. The third kappa shape index (κ3) is 2.25. The Kier molecular flexibility index (Phi) is 3.34. The first-order valence-corrected chi connectivity index (χ1v) is 7.50. The van der Waals surface area contributed by atoms with Gasteiger partial charge in [-0.2, -0.15) is 5.11 Å². The number of halogens is 1. The Balaban J connectivity index is 1.59. The molecule has 1 fully saturated rings. The van der Waals surface area contributed by atoms with Gasteiger partial charge in [-0.05, 0) is 29.8 Å². The minimum atomic E-state index is -0.821. The van der Waals surface area contributed by atoms with Crippen molar-refractivity contribution in [3.63, 3.8) is 0 Å². The molecule has 2 aromatic carbocycles. The maximum absolute atomic E-state index is 13.0. The Bertz CT molecular complexity index is 822. The Labute approximate surface area is 137 Å². The number of hydrogen-bond donors (Lipinski definition) is 0. The van der Waals surface area contributed by atoms with Crippen molar-refractivity contribution in [2.24, 2.45) is 10.3 Å². The third-order valence-corrected chi connectivity index (χ3v) is 4.13. The summed E-state index contributed by atoms with van der Waals surface area (Å²) in [5, 5.41) is 9.42. The molecule has 0 unspecified atom stereocenters. The van der Waals surface area contributed by atoms with Crippen LogP contribution in [-0.4, -0.2) is 28.9 Å². The molecular formula is C17H13FN4O2. The molecular weight excluding hydrogens is 311 g/mol. The quantitative estimate of drug-likeness (QED) is 0.814. The Morgan fingerprint density at radius 1 is 0.958 bits per heavy atom. The second kappa shape index (κ2) is 5.52. The number of nitrogens with zero attached hydrogens (tertiary/aromatic N) is 4. The predicted molar refractivity (Wildman–Crippen MR) is 83.3 cm³/mol. The molecule has 0 saturated carbocycles. The van der Waals surface area contributed by atoms with E-state index in [2.05, 4.69) is 10.3 Å². The molecule has 120 valence electrons. The van der Waals surface area contributed by atoms with Gasteiger partial charge in [0, 0.05) is 0 Å². The van der Waals surface area contributed by atoms with Crippen molar-refractivity contribution >= 4 is 17.5 Å². The van der Waals surface area contributed by atoms with Crippen LogP contribution in [0.25, 0.3) is 0 Å². The first-order chi connectivity index (χ1) is 11.6. The molecule has 6 nitrogen and oxygen atoms in total. The van der Waals surface area contributed by atoms with Crippen LogP contribution in [-0.2, 0) is 16.1 Å². The highest BCUT2D eigenvalue weighted by Crippen LogP contribution is 2.32. The molecule has 2 aromatic rings. The summed E-state index contributed by atoms with van der Waals surface area (Å²) in [6, 6.07) is 13.1. The molecule has 2 aliphatic heterocycles. The number of carbonyl (C=O) groups excluding carboxylic acids is 2. The van der Waals surface area contributed by atoms with E-state index in [0.717, 1.165) is 10.5 Å². The molecule has 0 aromatic heterocycles. The van der Waals surface area contributed by atoms with Crippen LogP contribution in [0, 0.1) is 5.82 Å². The lowest BCUT2D eigenvalue weighted by Crippen LogP contribution is -2.39. The minimum absolute atomic E-state index is 0.284. The monoisotopic (exact) mass is 324 g/mol. The highest BCUT2D eigenvalue weighted by atomic mass is 19.1. The smallest absolute Gasteiger partial charge is 0.263 e. The Morgan fingerprint density at radius 2 is 1.67 bits per heavy atom. The van der Waals surface area contributed by atoms with Crippen LogP contribution >= 0.6 is 0 Å². The van der Waals surface area contributed by atoms with Gasteiger partial charge in [-0.25, -0.2) is 9.29 Å². The van der Waals surface area contributed by atoms with Crippen LogP contribution in [0.1, 0.15) is 5.56 Å². The van der Waals surface area contributed by atoms with Gasteiger partial charge in [-0.15, -0.1) is 0 Å². The minimum Gasteiger partial charge on any atom is -0.271 e. The van der Waals surface area contributed by atoms with Crippen molar-refractivity contribution in [2.75, 3.05) is 4.90 Å². The van der Waals surface area contributed by atoms with Gasteiger partial charge in [-0.3, -0.25) is 14.6 Å². The molecule has 2 atom stereocenters. The number of para-hydroxylation sites is 1. The first-order valence-electron chi connectivity index (χ1n) is 7.50. The number of imide groups is 1. The number of benzene rings is 2. The maximum Gasteiger partial charge on any atom is 0.263 e. The lowest BCUT2D eigenvalue weighted by Gasteiger charge is -2.20. The van der Waals surface area contributed by atoms with E-state index in [4.69, 9.17) is 0 Å². The summed E-state index contributed by atoms with van der Waals surface area (Å²) in [5.41, 5.74) is 1.31. The molecule has 2 aliphatic rings. The molecule has 7 heteroatoms. The Morgan fingerprint density at radius 3 is 2.38 bits per heavy atom. The van der Waals surface area contributed by atoms with Gasteiger partial charge in [0.25, 0.3) is 11.8 Å². The fourth-order valence-electron chi connectivity index (χ4n) is 2.96. The summed E-state index contributed by atoms with van der Waals surface area (Å²) in [6.07, 6.45) is 0. The fraction of sp³-hybridized carbons (Fsp3) is 0.176. The van der Waals surface area contributed by atoms with Crippen LogP contribution in [0.3, 0.4) is 0 Å². The van der Waals surface area contributed by atoms with Gasteiger partial charge in [0.15, 0.2) is 12.1 Å². The maximum atomic E-state index is 13.0. The summed E-state index contributed by atoms with van der Waals surface area (Å²) in [4.78, 5) is 26.4. The first kappa shape index (κ1) is 14.5. The van der Waals surface area contributed by atoms with Gasteiger partial charge in [0.2, 0.25) is 0 Å². The zero-order valence-corrected chi connectivity index (χ0v) is 12.5.